The first-order chi connectivity index (χ1) is 16.0. The van der Waals surface area contributed by atoms with Gasteiger partial charge in [-0.2, -0.15) is 14.6 Å². The van der Waals surface area contributed by atoms with Crippen LogP contribution in [0.1, 0.15) is 16.8 Å². The van der Waals surface area contributed by atoms with Gasteiger partial charge < -0.3 is 14.2 Å². The number of benzene rings is 2. The van der Waals surface area contributed by atoms with Gasteiger partial charge in [0.25, 0.3) is 11.1 Å². The topological polar surface area (TPSA) is 92.0 Å². The zero-order valence-electron chi connectivity index (χ0n) is 18.3. The van der Waals surface area contributed by atoms with Gasteiger partial charge >= 0.3 is 0 Å². The lowest BCUT2D eigenvalue weighted by molar-refractivity contribution is 0.354. The first-order valence-corrected chi connectivity index (χ1v) is 10.8. The molecule has 4 rings (SSSR count). The summed E-state index contributed by atoms with van der Waals surface area (Å²) in [6, 6.07) is 12.9. The van der Waals surface area contributed by atoms with Crippen LogP contribution in [0.5, 0.6) is 17.2 Å². The minimum atomic E-state index is -0.470. The molecule has 0 bridgehead atoms. The number of hydrogen-bond donors (Lipinski definition) is 0. The van der Waals surface area contributed by atoms with Gasteiger partial charge in [-0.3, -0.25) is 9.59 Å². The summed E-state index contributed by atoms with van der Waals surface area (Å²) in [4.78, 5) is 29.7. The number of rotatable bonds is 7. The predicted octanol–water partition coefficient (Wildman–Crippen LogP) is 2.34. The molecule has 0 atom stereocenters. The molecule has 0 saturated heterocycles. The van der Waals surface area contributed by atoms with Crippen molar-refractivity contribution < 1.29 is 14.2 Å². The summed E-state index contributed by atoms with van der Waals surface area (Å²) in [5, 5.41) is 4.29. The maximum Gasteiger partial charge on any atom is 0.296 e. The van der Waals surface area contributed by atoms with Gasteiger partial charge in [0.1, 0.15) is 11.4 Å². The molecule has 0 aliphatic heterocycles. The van der Waals surface area contributed by atoms with Gasteiger partial charge in [-0.15, -0.1) is 0 Å². The summed E-state index contributed by atoms with van der Waals surface area (Å²) < 4.78 is 17.5. The van der Waals surface area contributed by atoms with E-state index in [-0.39, 0.29) is 22.6 Å². The van der Waals surface area contributed by atoms with Crippen LogP contribution in [0.25, 0.3) is 17.1 Å². The van der Waals surface area contributed by atoms with E-state index < -0.39 is 5.56 Å². The Hall–Kier alpha value is -3.98. The summed E-state index contributed by atoms with van der Waals surface area (Å²) in [6.45, 7) is 0. The summed E-state index contributed by atoms with van der Waals surface area (Å²) in [7, 11) is 4.69. The van der Waals surface area contributed by atoms with Crippen molar-refractivity contribution in [2.45, 2.75) is 6.42 Å². The molecule has 0 unspecified atom stereocenters. The van der Waals surface area contributed by atoms with E-state index in [1.165, 1.54) is 11.6 Å². The number of hydrogen-bond acceptors (Lipinski definition) is 8. The summed E-state index contributed by atoms with van der Waals surface area (Å²) in [5.41, 5.74) is 1.04. The first kappa shape index (κ1) is 22.2. The lowest BCUT2D eigenvalue weighted by atomic mass is 10.1. The van der Waals surface area contributed by atoms with Crippen molar-refractivity contribution in [3.63, 3.8) is 0 Å². The van der Waals surface area contributed by atoms with Crippen molar-refractivity contribution in [1.82, 2.24) is 14.6 Å². The van der Waals surface area contributed by atoms with Crippen LogP contribution in [0.2, 0.25) is 0 Å². The zero-order valence-corrected chi connectivity index (χ0v) is 19.1. The Morgan fingerprint density at radius 1 is 0.970 bits per heavy atom. The molecule has 0 radical (unpaired) electrons. The van der Waals surface area contributed by atoms with Gasteiger partial charge in [0.15, 0.2) is 11.5 Å². The van der Waals surface area contributed by atoms with E-state index in [4.69, 9.17) is 14.2 Å². The Balaban J connectivity index is 1.68. The third kappa shape index (κ3) is 4.63. The second-order valence-electron chi connectivity index (χ2n) is 6.96. The Morgan fingerprint density at radius 3 is 2.48 bits per heavy atom. The van der Waals surface area contributed by atoms with Gasteiger partial charge in [0, 0.05) is 12.0 Å². The average molecular weight is 464 g/mol. The maximum absolute atomic E-state index is 12.8. The molecule has 168 valence electrons. The lowest BCUT2D eigenvalue weighted by Crippen LogP contribution is -2.27. The van der Waals surface area contributed by atoms with Crippen molar-refractivity contribution in [3.05, 3.63) is 90.6 Å². The molecule has 0 saturated carbocycles. The molecule has 0 aliphatic rings. The number of thiazole rings is 1. The highest BCUT2D eigenvalue weighted by molar-refractivity contribution is 7.15. The summed E-state index contributed by atoms with van der Waals surface area (Å²) >= 11 is 1.11. The normalized spacial score (nSPS) is 11.9. The van der Waals surface area contributed by atoms with Crippen LogP contribution in [-0.2, 0) is 6.42 Å². The van der Waals surface area contributed by atoms with Gasteiger partial charge in [-0.05, 0) is 29.8 Å². The van der Waals surface area contributed by atoms with E-state index in [2.05, 4.69) is 10.1 Å². The van der Waals surface area contributed by atoms with E-state index in [1.54, 1.807) is 38.5 Å². The molecule has 33 heavy (non-hydrogen) atoms. The number of nitrogens with zero attached hydrogens (tertiary/aromatic N) is 3. The van der Waals surface area contributed by atoms with Crippen LogP contribution in [0.4, 0.5) is 0 Å². The minimum absolute atomic E-state index is 0.172. The van der Waals surface area contributed by atoms with Crippen molar-refractivity contribution in [2.24, 2.45) is 0 Å². The van der Waals surface area contributed by atoms with Crippen LogP contribution in [-0.4, -0.2) is 35.9 Å². The third-order valence-electron chi connectivity index (χ3n) is 4.93. The molecular formula is C24H21N3O5S. The fourth-order valence-electron chi connectivity index (χ4n) is 3.29. The van der Waals surface area contributed by atoms with Gasteiger partial charge in [-0.1, -0.05) is 47.8 Å². The van der Waals surface area contributed by atoms with Crippen LogP contribution in [0, 0.1) is 0 Å². The second-order valence-corrected chi connectivity index (χ2v) is 7.97. The monoisotopic (exact) mass is 463 g/mol. The SMILES string of the molecule is COc1ccccc1/C=C/C=c1\sc2nc(=O)c(Cc3ccc(OC)c(OC)c3)nn2c1=O. The highest BCUT2D eigenvalue weighted by Gasteiger charge is 2.13. The van der Waals surface area contributed by atoms with Crippen LogP contribution in [0.15, 0.2) is 58.1 Å². The molecule has 9 heteroatoms. The van der Waals surface area contributed by atoms with Crippen molar-refractivity contribution in [1.29, 1.82) is 0 Å². The Kier molecular flexibility index (Phi) is 6.50. The molecule has 0 fully saturated rings. The van der Waals surface area contributed by atoms with Crippen LogP contribution >= 0.6 is 11.3 Å². The van der Waals surface area contributed by atoms with Crippen molar-refractivity contribution >= 4 is 28.4 Å². The predicted molar refractivity (Wildman–Crippen MR) is 127 cm³/mol. The Morgan fingerprint density at radius 2 is 1.73 bits per heavy atom. The highest BCUT2D eigenvalue weighted by Crippen LogP contribution is 2.28. The Bertz CT molecular complexity index is 1510. The first-order valence-electron chi connectivity index (χ1n) is 9.99. The molecular weight excluding hydrogens is 442 g/mol. The molecule has 0 amide bonds. The van der Waals surface area contributed by atoms with Gasteiger partial charge in [-0.25, -0.2) is 0 Å². The molecule has 0 spiro atoms. The minimum Gasteiger partial charge on any atom is -0.496 e. The van der Waals surface area contributed by atoms with Crippen LogP contribution < -0.4 is 29.9 Å². The van der Waals surface area contributed by atoms with E-state index >= 15 is 0 Å². The summed E-state index contributed by atoms with van der Waals surface area (Å²) in [6.07, 6.45) is 5.48. The number of ether oxygens (including phenoxy) is 3. The summed E-state index contributed by atoms with van der Waals surface area (Å²) in [5.74, 6) is 1.86. The van der Waals surface area contributed by atoms with Gasteiger partial charge in [0.05, 0.1) is 25.9 Å². The number of aromatic nitrogens is 3. The van der Waals surface area contributed by atoms with E-state index in [0.29, 0.717) is 16.0 Å². The number of fused-ring (bicyclic) bond motifs is 1. The lowest BCUT2D eigenvalue weighted by Gasteiger charge is -2.09. The van der Waals surface area contributed by atoms with Crippen LogP contribution in [0.3, 0.4) is 0 Å². The largest absolute Gasteiger partial charge is 0.496 e. The standard InChI is InChI=1S/C24H21N3O5S/c1-30-18-9-5-4-7-16(18)8-6-10-21-23(29)27-24(33-21)25-22(28)17(26-27)13-15-11-12-19(31-2)20(14-15)32-3/h4-12,14H,13H2,1-3H3/b8-6+,21-10-. The highest BCUT2D eigenvalue weighted by atomic mass is 32.1. The average Bonchev–Trinajstić information content (AvgIpc) is 3.13. The van der Waals surface area contributed by atoms with E-state index in [1.807, 2.05) is 36.4 Å². The smallest absolute Gasteiger partial charge is 0.296 e. The molecule has 2 aromatic heterocycles. The van der Waals surface area contributed by atoms with E-state index in [9.17, 15) is 9.59 Å². The fraction of sp³-hybridized carbons (Fsp3) is 0.167. The third-order valence-corrected chi connectivity index (χ3v) is 5.91. The molecule has 8 nitrogen and oxygen atoms in total. The number of para-hydroxylation sites is 1. The zero-order chi connectivity index (χ0) is 23.4. The quantitative estimate of drug-likeness (QED) is 0.415. The van der Waals surface area contributed by atoms with Crippen molar-refractivity contribution in [3.8, 4) is 17.2 Å². The van der Waals surface area contributed by atoms with Gasteiger partial charge in [0.2, 0.25) is 4.96 Å². The van der Waals surface area contributed by atoms with Crippen molar-refractivity contribution in [2.75, 3.05) is 21.3 Å². The molecule has 2 heterocycles. The molecule has 0 N–H and O–H groups in total. The Labute approximate surface area is 193 Å². The fourth-order valence-corrected chi connectivity index (χ4v) is 4.15. The molecule has 0 aliphatic carbocycles. The molecule has 4 aromatic rings. The number of methoxy groups -OCH3 is 3. The maximum atomic E-state index is 12.8. The number of allylic oxidation sites excluding steroid dienone is 1. The molecule has 2 aromatic carbocycles. The van der Waals surface area contributed by atoms with E-state index in [0.717, 1.165) is 28.2 Å². The second kappa shape index (κ2) is 9.66.